The van der Waals surface area contributed by atoms with Gasteiger partial charge >= 0.3 is 5.76 Å². The number of aromatic amines is 1. The zero-order valence-corrected chi connectivity index (χ0v) is 14.1. The Balaban J connectivity index is 1.48. The van der Waals surface area contributed by atoms with Crippen LogP contribution in [0.4, 0.5) is 0 Å². The quantitative estimate of drug-likeness (QED) is 0.761. The van der Waals surface area contributed by atoms with Crippen molar-refractivity contribution in [1.82, 2.24) is 19.1 Å². The van der Waals surface area contributed by atoms with Crippen LogP contribution in [0.3, 0.4) is 0 Å². The van der Waals surface area contributed by atoms with Gasteiger partial charge in [-0.3, -0.25) is 9.67 Å². The van der Waals surface area contributed by atoms with E-state index in [-0.39, 0.29) is 4.90 Å². The molecular weight excluding hydrogens is 344 g/mol. The number of aromatic nitrogens is 3. The Morgan fingerprint density at radius 1 is 1.20 bits per heavy atom. The van der Waals surface area contributed by atoms with Crippen LogP contribution in [0.25, 0.3) is 11.1 Å². The Morgan fingerprint density at radius 3 is 2.84 bits per heavy atom. The van der Waals surface area contributed by atoms with Gasteiger partial charge < -0.3 is 4.42 Å². The smallest absolute Gasteiger partial charge is 0.408 e. The zero-order valence-electron chi connectivity index (χ0n) is 13.3. The predicted octanol–water partition coefficient (Wildman–Crippen LogP) is 1.40. The molecule has 0 amide bonds. The number of nitrogens with one attached hydrogen (secondary N) is 1. The van der Waals surface area contributed by atoms with Crippen LogP contribution in [0.5, 0.6) is 0 Å². The molecular formula is C16H16N4O4S. The second-order valence-corrected chi connectivity index (χ2v) is 8.51. The molecule has 1 aromatic carbocycles. The van der Waals surface area contributed by atoms with Crippen LogP contribution in [0.1, 0.15) is 30.1 Å². The van der Waals surface area contributed by atoms with E-state index in [0.717, 1.165) is 11.4 Å². The van der Waals surface area contributed by atoms with Crippen molar-refractivity contribution in [3.8, 4) is 0 Å². The molecule has 3 aromatic rings. The molecule has 0 spiro atoms. The standard InChI is InChI=1S/C16H16N4O4S/c21-16-17-14-8-12(3-4-15(14)24-16)25(22,23)19-5-6-20-11(9-19)7-13(18-20)10-1-2-10/h3-4,7-8,10H,1-2,5-6,9H2,(H,17,21). The van der Waals surface area contributed by atoms with Crippen molar-refractivity contribution in [3.05, 3.63) is 46.2 Å². The van der Waals surface area contributed by atoms with E-state index in [1.807, 2.05) is 10.7 Å². The van der Waals surface area contributed by atoms with Crippen molar-refractivity contribution in [1.29, 1.82) is 0 Å². The lowest BCUT2D eigenvalue weighted by atomic mass is 10.2. The molecule has 5 rings (SSSR count). The topological polar surface area (TPSA) is 101 Å². The zero-order chi connectivity index (χ0) is 17.2. The highest BCUT2D eigenvalue weighted by molar-refractivity contribution is 7.89. The summed E-state index contributed by atoms with van der Waals surface area (Å²) in [5.41, 5.74) is 2.72. The number of hydrogen-bond donors (Lipinski definition) is 1. The normalized spacial score (nSPS) is 18.6. The van der Waals surface area contributed by atoms with E-state index < -0.39 is 15.8 Å². The van der Waals surface area contributed by atoms with E-state index in [1.165, 1.54) is 35.3 Å². The molecule has 2 aromatic heterocycles. The van der Waals surface area contributed by atoms with Gasteiger partial charge in [-0.05, 0) is 37.1 Å². The third-order valence-corrected chi connectivity index (χ3v) is 6.65. The van der Waals surface area contributed by atoms with E-state index in [9.17, 15) is 13.2 Å². The molecule has 8 nitrogen and oxygen atoms in total. The third-order valence-electron chi connectivity index (χ3n) is 4.81. The fourth-order valence-electron chi connectivity index (χ4n) is 3.29. The van der Waals surface area contributed by atoms with E-state index in [1.54, 1.807) is 0 Å². The maximum absolute atomic E-state index is 13.0. The van der Waals surface area contributed by atoms with Gasteiger partial charge in [0.25, 0.3) is 0 Å². The number of nitrogens with zero attached hydrogens (tertiary/aromatic N) is 3. The van der Waals surface area contributed by atoms with Crippen molar-refractivity contribution in [3.63, 3.8) is 0 Å². The van der Waals surface area contributed by atoms with Gasteiger partial charge in [-0.15, -0.1) is 0 Å². The lowest BCUT2D eigenvalue weighted by Crippen LogP contribution is -2.38. The first kappa shape index (κ1) is 14.9. The van der Waals surface area contributed by atoms with Crippen LogP contribution in [-0.2, 0) is 23.1 Å². The van der Waals surface area contributed by atoms with Crippen molar-refractivity contribution in [2.24, 2.45) is 0 Å². The first-order chi connectivity index (χ1) is 12.0. The van der Waals surface area contributed by atoms with Gasteiger partial charge in [0, 0.05) is 12.5 Å². The average molecular weight is 360 g/mol. The molecule has 3 heterocycles. The lowest BCUT2D eigenvalue weighted by molar-refractivity contribution is 0.326. The number of H-pyrrole nitrogens is 1. The average Bonchev–Trinajstić information content (AvgIpc) is 3.24. The monoisotopic (exact) mass is 360 g/mol. The minimum absolute atomic E-state index is 0.146. The summed E-state index contributed by atoms with van der Waals surface area (Å²) < 4.78 is 34.2. The number of hydrogen-bond acceptors (Lipinski definition) is 5. The van der Waals surface area contributed by atoms with Crippen LogP contribution in [-0.4, -0.2) is 34.0 Å². The van der Waals surface area contributed by atoms with Crippen molar-refractivity contribution in [2.45, 2.75) is 36.7 Å². The summed E-state index contributed by atoms with van der Waals surface area (Å²) in [6, 6.07) is 6.43. The molecule has 0 atom stereocenters. The van der Waals surface area contributed by atoms with E-state index in [4.69, 9.17) is 4.42 Å². The fourth-order valence-corrected chi connectivity index (χ4v) is 4.72. The molecule has 0 unspecified atom stereocenters. The van der Waals surface area contributed by atoms with Crippen LogP contribution in [0.2, 0.25) is 0 Å². The van der Waals surface area contributed by atoms with E-state index >= 15 is 0 Å². The second kappa shape index (κ2) is 5.06. The summed E-state index contributed by atoms with van der Waals surface area (Å²) in [5, 5.41) is 4.59. The highest BCUT2D eigenvalue weighted by atomic mass is 32.2. The SMILES string of the molecule is O=c1[nH]c2cc(S(=O)(=O)N3CCn4nc(C5CC5)cc4C3)ccc2o1. The number of benzene rings is 1. The first-order valence-corrected chi connectivity index (χ1v) is 9.64. The fraction of sp³-hybridized carbons (Fsp3) is 0.375. The molecule has 130 valence electrons. The minimum atomic E-state index is -3.65. The van der Waals surface area contributed by atoms with Gasteiger partial charge in [-0.1, -0.05) is 0 Å². The van der Waals surface area contributed by atoms with Crippen LogP contribution >= 0.6 is 0 Å². The summed E-state index contributed by atoms with van der Waals surface area (Å²) in [4.78, 5) is 13.9. The maximum Gasteiger partial charge on any atom is 0.417 e. The third kappa shape index (κ3) is 2.42. The Labute approximate surface area is 143 Å². The van der Waals surface area contributed by atoms with Crippen molar-refractivity contribution < 1.29 is 12.8 Å². The molecule has 2 aliphatic rings. The second-order valence-electron chi connectivity index (χ2n) is 6.57. The van der Waals surface area contributed by atoms with Gasteiger partial charge in [0.1, 0.15) is 0 Å². The highest BCUT2D eigenvalue weighted by Crippen LogP contribution is 2.40. The largest absolute Gasteiger partial charge is 0.417 e. The van der Waals surface area contributed by atoms with Crippen molar-refractivity contribution in [2.75, 3.05) is 6.54 Å². The highest BCUT2D eigenvalue weighted by Gasteiger charge is 2.32. The van der Waals surface area contributed by atoms with E-state index in [2.05, 4.69) is 10.1 Å². The molecule has 25 heavy (non-hydrogen) atoms. The van der Waals surface area contributed by atoms with Gasteiger partial charge in [0.05, 0.1) is 34.9 Å². The summed E-state index contributed by atoms with van der Waals surface area (Å²) in [6.45, 7) is 1.23. The molecule has 0 saturated heterocycles. The summed E-state index contributed by atoms with van der Waals surface area (Å²) in [7, 11) is -3.65. The Kier molecular flexibility index (Phi) is 3.02. The molecule has 9 heteroatoms. The van der Waals surface area contributed by atoms with Crippen LogP contribution in [0, 0.1) is 0 Å². The molecule has 1 N–H and O–H groups in total. The minimum Gasteiger partial charge on any atom is -0.408 e. The molecule has 1 saturated carbocycles. The maximum atomic E-state index is 13.0. The van der Waals surface area contributed by atoms with Crippen molar-refractivity contribution >= 4 is 21.1 Å². The predicted molar refractivity (Wildman–Crippen MR) is 88.6 cm³/mol. The Bertz CT molecular complexity index is 1140. The molecule has 1 aliphatic heterocycles. The van der Waals surface area contributed by atoms with Gasteiger partial charge in [-0.25, -0.2) is 13.2 Å². The summed E-state index contributed by atoms with van der Waals surface area (Å²) in [6.07, 6.45) is 2.34. The summed E-state index contributed by atoms with van der Waals surface area (Å²) in [5.74, 6) is -0.0532. The van der Waals surface area contributed by atoms with Crippen LogP contribution < -0.4 is 5.76 Å². The van der Waals surface area contributed by atoms with Gasteiger partial charge in [-0.2, -0.15) is 9.40 Å². The Hall–Kier alpha value is -2.39. The number of sulfonamides is 1. The van der Waals surface area contributed by atoms with Gasteiger partial charge in [0.15, 0.2) is 5.58 Å². The number of fused-ring (bicyclic) bond motifs is 2. The molecule has 1 fully saturated rings. The number of rotatable bonds is 3. The van der Waals surface area contributed by atoms with E-state index in [0.29, 0.717) is 36.7 Å². The number of oxazole rings is 1. The van der Waals surface area contributed by atoms with Crippen LogP contribution in [0.15, 0.2) is 38.4 Å². The Morgan fingerprint density at radius 2 is 2.04 bits per heavy atom. The summed E-state index contributed by atoms with van der Waals surface area (Å²) >= 11 is 0. The lowest BCUT2D eigenvalue weighted by Gasteiger charge is -2.26. The molecule has 0 bridgehead atoms. The molecule has 0 radical (unpaired) electrons. The molecule has 1 aliphatic carbocycles. The van der Waals surface area contributed by atoms with Gasteiger partial charge in [0.2, 0.25) is 10.0 Å². The first-order valence-electron chi connectivity index (χ1n) is 8.20.